The van der Waals surface area contributed by atoms with Crippen LogP contribution in [0.1, 0.15) is 11.6 Å². The molecule has 2 rings (SSSR count). The van der Waals surface area contributed by atoms with Gasteiger partial charge in [0.05, 0.1) is 11.6 Å². The highest BCUT2D eigenvalue weighted by atomic mass is 79.9. The molecule has 3 nitrogen and oxygen atoms in total. The van der Waals surface area contributed by atoms with E-state index < -0.39 is 12.2 Å². The van der Waals surface area contributed by atoms with Crippen molar-refractivity contribution in [2.75, 3.05) is 33.3 Å². The number of alkyl halides is 3. The van der Waals surface area contributed by atoms with Gasteiger partial charge in [0.25, 0.3) is 0 Å². The van der Waals surface area contributed by atoms with Crippen molar-refractivity contribution in [2.45, 2.75) is 12.2 Å². The van der Waals surface area contributed by atoms with Crippen LogP contribution in [0.2, 0.25) is 0 Å². The Bertz CT molecular complexity index is 467. The summed E-state index contributed by atoms with van der Waals surface area (Å²) in [5.41, 5.74) is 0.229. The van der Waals surface area contributed by atoms with Crippen molar-refractivity contribution in [1.29, 1.82) is 0 Å². The lowest BCUT2D eigenvalue weighted by molar-refractivity contribution is -0.187. The molecule has 0 bridgehead atoms. The van der Waals surface area contributed by atoms with Crippen molar-refractivity contribution < 1.29 is 17.9 Å². The second kappa shape index (κ2) is 7.67. The van der Waals surface area contributed by atoms with E-state index in [0.29, 0.717) is 36.4 Å². The van der Waals surface area contributed by atoms with Crippen LogP contribution in [0.3, 0.4) is 0 Å². The standard InChI is InChI=1S/C13H16BrF3N2O.ClH/c1-20-11-3-2-9(8-10(11)14)12(13(15,16)17)19-6-4-18-5-7-19;/h2-3,8,12,18H,4-7H2,1H3;1H/t12-;/m1./s1. The Kier molecular flexibility index (Phi) is 6.77. The lowest BCUT2D eigenvalue weighted by Gasteiger charge is -2.36. The fourth-order valence-electron chi connectivity index (χ4n) is 2.40. The average molecular weight is 390 g/mol. The maximum atomic E-state index is 13.4. The maximum Gasteiger partial charge on any atom is 0.408 e. The van der Waals surface area contributed by atoms with E-state index in [2.05, 4.69) is 21.2 Å². The van der Waals surface area contributed by atoms with E-state index in [1.54, 1.807) is 6.07 Å². The van der Waals surface area contributed by atoms with E-state index in [9.17, 15) is 13.2 Å². The Labute approximate surface area is 136 Å². The second-order valence-electron chi connectivity index (χ2n) is 4.62. The predicted molar refractivity (Wildman–Crippen MR) is 81.2 cm³/mol. The van der Waals surface area contributed by atoms with Gasteiger partial charge in [-0.1, -0.05) is 6.07 Å². The Hall–Kier alpha value is -0.500. The van der Waals surface area contributed by atoms with Gasteiger partial charge in [0.1, 0.15) is 11.8 Å². The molecule has 1 atom stereocenters. The van der Waals surface area contributed by atoms with Gasteiger partial charge in [-0.25, -0.2) is 0 Å². The van der Waals surface area contributed by atoms with Crippen molar-refractivity contribution in [3.8, 4) is 5.75 Å². The van der Waals surface area contributed by atoms with E-state index in [0.717, 1.165) is 0 Å². The van der Waals surface area contributed by atoms with Crippen LogP contribution in [0.4, 0.5) is 13.2 Å². The highest BCUT2D eigenvalue weighted by Gasteiger charge is 2.45. The molecule has 0 spiro atoms. The number of methoxy groups -OCH3 is 1. The summed E-state index contributed by atoms with van der Waals surface area (Å²) in [5, 5.41) is 3.06. The molecule has 1 aliphatic rings. The van der Waals surface area contributed by atoms with Crippen LogP contribution in [-0.2, 0) is 0 Å². The number of halogens is 5. The minimum atomic E-state index is -4.30. The first-order valence-electron chi connectivity index (χ1n) is 6.28. The molecule has 1 saturated heterocycles. The molecule has 1 aromatic carbocycles. The van der Waals surface area contributed by atoms with Gasteiger partial charge >= 0.3 is 6.18 Å². The molecule has 0 amide bonds. The van der Waals surface area contributed by atoms with Crippen LogP contribution in [-0.4, -0.2) is 44.4 Å². The van der Waals surface area contributed by atoms with Gasteiger partial charge in [-0.2, -0.15) is 13.2 Å². The lowest BCUT2D eigenvalue weighted by atomic mass is 10.0. The number of piperazine rings is 1. The van der Waals surface area contributed by atoms with Gasteiger partial charge < -0.3 is 10.1 Å². The summed E-state index contributed by atoms with van der Waals surface area (Å²) in [4.78, 5) is 1.46. The number of rotatable bonds is 3. The molecule has 8 heteroatoms. The van der Waals surface area contributed by atoms with E-state index >= 15 is 0 Å². The molecule has 1 aromatic rings. The third-order valence-electron chi connectivity index (χ3n) is 3.32. The van der Waals surface area contributed by atoms with E-state index in [4.69, 9.17) is 4.74 Å². The number of nitrogens with one attached hydrogen (secondary N) is 1. The number of nitrogens with zero attached hydrogens (tertiary/aromatic N) is 1. The lowest BCUT2D eigenvalue weighted by Crippen LogP contribution is -2.49. The molecule has 1 aliphatic heterocycles. The van der Waals surface area contributed by atoms with Crippen LogP contribution in [0.5, 0.6) is 5.75 Å². The summed E-state index contributed by atoms with van der Waals surface area (Å²) in [7, 11) is 1.48. The van der Waals surface area contributed by atoms with E-state index in [1.807, 2.05) is 0 Å². The Morgan fingerprint density at radius 3 is 2.38 bits per heavy atom. The third kappa shape index (κ3) is 4.48. The van der Waals surface area contributed by atoms with Crippen LogP contribution < -0.4 is 10.1 Å². The van der Waals surface area contributed by atoms with Crippen molar-refractivity contribution in [2.24, 2.45) is 0 Å². The van der Waals surface area contributed by atoms with Crippen molar-refractivity contribution >= 4 is 28.3 Å². The summed E-state index contributed by atoms with van der Waals surface area (Å²) in [6, 6.07) is 2.94. The number of hydrogen-bond donors (Lipinski definition) is 1. The summed E-state index contributed by atoms with van der Waals surface area (Å²) >= 11 is 3.24. The number of benzene rings is 1. The zero-order chi connectivity index (χ0) is 14.8. The zero-order valence-electron chi connectivity index (χ0n) is 11.4. The quantitative estimate of drug-likeness (QED) is 0.858. The SMILES string of the molecule is COc1ccc([C@@H](N2CCNCC2)C(F)(F)F)cc1Br.Cl. The molecule has 0 radical (unpaired) electrons. The topological polar surface area (TPSA) is 24.5 Å². The fourth-order valence-corrected chi connectivity index (χ4v) is 2.96. The van der Waals surface area contributed by atoms with Crippen LogP contribution in [0.25, 0.3) is 0 Å². The number of hydrogen-bond acceptors (Lipinski definition) is 3. The minimum absolute atomic E-state index is 0. The third-order valence-corrected chi connectivity index (χ3v) is 3.94. The molecular formula is C13H17BrClF3N2O. The zero-order valence-corrected chi connectivity index (χ0v) is 13.8. The summed E-state index contributed by atoms with van der Waals surface area (Å²) in [6.07, 6.45) is -4.30. The molecule has 0 aromatic heterocycles. The Balaban J connectivity index is 0.00000220. The monoisotopic (exact) mass is 388 g/mol. The Morgan fingerprint density at radius 2 is 1.90 bits per heavy atom. The minimum Gasteiger partial charge on any atom is -0.496 e. The van der Waals surface area contributed by atoms with Gasteiger partial charge in [-0.3, -0.25) is 4.90 Å². The molecule has 0 unspecified atom stereocenters. The first kappa shape index (κ1) is 18.5. The molecule has 0 aliphatic carbocycles. The molecule has 0 saturated carbocycles. The first-order chi connectivity index (χ1) is 9.43. The van der Waals surface area contributed by atoms with Crippen LogP contribution >= 0.6 is 28.3 Å². The normalized spacial score (nSPS) is 18.0. The molecule has 21 heavy (non-hydrogen) atoms. The van der Waals surface area contributed by atoms with Crippen molar-refractivity contribution in [1.82, 2.24) is 10.2 Å². The van der Waals surface area contributed by atoms with Gasteiger partial charge in [0.2, 0.25) is 0 Å². The van der Waals surface area contributed by atoms with E-state index in [1.165, 1.54) is 24.1 Å². The fraction of sp³-hybridized carbons (Fsp3) is 0.538. The number of ether oxygens (including phenoxy) is 1. The Morgan fingerprint density at radius 1 is 1.29 bits per heavy atom. The predicted octanol–water partition coefficient (Wildman–Crippen LogP) is 3.39. The summed E-state index contributed by atoms with van der Waals surface area (Å²) < 4.78 is 45.8. The highest BCUT2D eigenvalue weighted by Crippen LogP contribution is 2.40. The van der Waals surface area contributed by atoms with Crippen molar-refractivity contribution in [3.05, 3.63) is 28.2 Å². The first-order valence-corrected chi connectivity index (χ1v) is 7.07. The molecule has 1 fully saturated rings. The maximum absolute atomic E-state index is 13.4. The van der Waals surface area contributed by atoms with Gasteiger partial charge in [0, 0.05) is 26.2 Å². The molecule has 1 heterocycles. The summed E-state index contributed by atoms with van der Waals surface area (Å²) in [6.45, 7) is 1.91. The average Bonchev–Trinajstić information content (AvgIpc) is 2.39. The van der Waals surface area contributed by atoms with Gasteiger partial charge in [-0.15, -0.1) is 12.4 Å². The van der Waals surface area contributed by atoms with E-state index in [-0.39, 0.29) is 18.0 Å². The molecular weight excluding hydrogens is 373 g/mol. The summed E-state index contributed by atoms with van der Waals surface area (Å²) in [5.74, 6) is 0.523. The molecule has 1 N–H and O–H groups in total. The molecule has 120 valence electrons. The van der Waals surface area contributed by atoms with Crippen LogP contribution in [0.15, 0.2) is 22.7 Å². The van der Waals surface area contributed by atoms with Crippen molar-refractivity contribution in [3.63, 3.8) is 0 Å². The van der Waals surface area contributed by atoms with Gasteiger partial charge in [0.15, 0.2) is 0 Å². The largest absolute Gasteiger partial charge is 0.496 e. The second-order valence-corrected chi connectivity index (χ2v) is 5.48. The highest BCUT2D eigenvalue weighted by molar-refractivity contribution is 9.10. The van der Waals surface area contributed by atoms with Crippen LogP contribution in [0, 0.1) is 0 Å². The van der Waals surface area contributed by atoms with Gasteiger partial charge in [-0.05, 0) is 33.6 Å². The smallest absolute Gasteiger partial charge is 0.408 e.